The number of nitrogens with one attached hydrogen (secondary N) is 1. The number of halogens is 3. The van der Waals surface area contributed by atoms with Crippen LogP contribution in [0.15, 0.2) is 48.5 Å². The number of ketones is 1. The molecule has 0 spiro atoms. The molecule has 0 aliphatic carbocycles. The fraction of sp³-hybridized carbons (Fsp3) is 0.484. The number of unbranched alkanes of at least 4 members (excludes halogenated alkanes) is 6. The number of fused-ring (bicyclic) bond motifs is 2. The number of carbonyl (C=O) groups excluding carboxylic acids is 1. The smallest absolute Gasteiger partial charge is 0.475 e. The molecule has 0 fully saturated rings. The summed E-state index contributed by atoms with van der Waals surface area (Å²) >= 11 is 0. The van der Waals surface area contributed by atoms with Crippen molar-refractivity contribution in [1.29, 1.82) is 0 Å². The first kappa shape index (κ1) is 33.2. The first-order valence-electron chi connectivity index (χ1n) is 14.1. The zero-order valence-electron chi connectivity index (χ0n) is 23.2. The van der Waals surface area contributed by atoms with E-state index in [9.17, 15) is 18.0 Å². The number of hydrogen-bond donors (Lipinski definition) is 4. The second kappa shape index (κ2) is 16.9. The standard InChI is InChI=1S/C29H41N3O.C2HF3O2/c1-2-3-4-5-6-11-19-32-21-26-24-15-8-7-13-22(24)20-23-14-12-16-25(28(23)26)29(33)27(31)17-9-10-18-30;3-2(4,5)1(6)7/h7-8,12-16,20,27,32H,2-6,9-11,17-19,21,30-31H2,1H3;(H,6,7)/t27-;/m0./s1. The van der Waals surface area contributed by atoms with Gasteiger partial charge in [0.2, 0.25) is 0 Å². The molecule has 0 aliphatic heterocycles. The molecule has 0 saturated carbocycles. The molecule has 1 atom stereocenters. The Balaban J connectivity index is 0.000000708. The molecule has 220 valence electrons. The third-order valence-corrected chi connectivity index (χ3v) is 6.82. The number of benzene rings is 3. The van der Waals surface area contributed by atoms with Crippen molar-refractivity contribution < 1.29 is 27.9 Å². The van der Waals surface area contributed by atoms with Crippen molar-refractivity contribution in [2.24, 2.45) is 11.5 Å². The highest BCUT2D eigenvalue weighted by Crippen LogP contribution is 2.32. The molecule has 0 amide bonds. The van der Waals surface area contributed by atoms with Crippen LogP contribution in [0.1, 0.15) is 80.6 Å². The highest BCUT2D eigenvalue weighted by Gasteiger charge is 2.38. The number of Topliss-reactive ketones (excluding diaryl/α,β-unsaturated/α-hetero) is 1. The molecule has 40 heavy (non-hydrogen) atoms. The van der Waals surface area contributed by atoms with Gasteiger partial charge in [-0.05, 0) is 65.5 Å². The molecule has 6 N–H and O–H groups in total. The number of rotatable bonds is 15. The SMILES string of the molecule is CCCCCCCCNCc1c2ccccc2cc2cccc(C(=O)[C@@H](N)CCCCN)c12.O=C(O)C(F)(F)F. The predicted octanol–water partition coefficient (Wildman–Crippen LogP) is 6.72. The second-order valence-corrected chi connectivity index (χ2v) is 9.98. The fourth-order valence-electron chi connectivity index (χ4n) is 4.70. The van der Waals surface area contributed by atoms with Crippen LogP contribution in [0.4, 0.5) is 13.2 Å². The van der Waals surface area contributed by atoms with Crippen molar-refractivity contribution in [3.05, 3.63) is 59.7 Å². The summed E-state index contributed by atoms with van der Waals surface area (Å²) in [6.07, 6.45) is 5.08. The summed E-state index contributed by atoms with van der Waals surface area (Å²) in [7, 11) is 0. The van der Waals surface area contributed by atoms with Gasteiger partial charge in [-0.25, -0.2) is 4.79 Å². The van der Waals surface area contributed by atoms with Gasteiger partial charge in [-0.2, -0.15) is 13.2 Å². The zero-order chi connectivity index (χ0) is 29.5. The summed E-state index contributed by atoms with van der Waals surface area (Å²) in [5.41, 5.74) is 13.9. The Morgan fingerprint density at radius 2 is 1.57 bits per heavy atom. The number of aliphatic carboxylic acids is 1. The molecule has 9 heteroatoms. The van der Waals surface area contributed by atoms with Gasteiger partial charge in [0.05, 0.1) is 6.04 Å². The van der Waals surface area contributed by atoms with E-state index in [4.69, 9.17) is 21.4 Å². The lowest BCUT2D eigenvalue weighted by Crippen LogP contribution is -2.31. The molecule has 0 radical (unpaired) electrons. The van der Waals surface area contributed by atoms with E-state index in [2.05, 4.69) is 48.6 Å². The Bertz CT molecular complexity index is 1230. The van der Waals surface area contributed by atoms with E-state index in [0.29, 0.717) is 13.0 Å². The monoisotopic (exact) mass is 561 g/mol. The minimum atomic E-state index is -5.08. The maximum absolute atomic E-state index is 13.4. The molecule has 0 aromatic heterocycles. The number of carboxylic acid groups (broad SMARTS) is 1. The Labute approximate surface area is 234 Å². The van der Waals surface area contributed by atoms with Crippen molar-refractivity contribution in [3.8, 4) is 0 Å². The molecule has 3 aromatic carbocycles. The highest BCUT2D eigenvalue weighted by atomic mass is 19.4. The normalized spacial score (nSPS) is 12.2. The quantitative estimate of drug-likeness (QED) is 0.0930. The lowest BCUT2D eigenvalue weighted by Gasteiger charge is -2.17. The van der Waals surface area contributed by atoms with Crippen LogP contribution < -0.4 is 16.8 Å². The summed E-state index contributed by atoms with van der Waals surface area (Å²) < 4.78 is 31.7. The van der Waals surface area contributed by atoms with Crippen LogP contribution >= 0.6 is 0 Å². The average molecular weight is 562 g/mol. The zero-order valence-corrected chi connectivity index (χ0v) is 23.2. The van der Waals surface area contributed by atoms with Crippen LogP contribution in [-0.2, 0) is 11.3 Å². The number of hydrogen-bond acceptors (Lipinski definition) is 5. The molecule has 0 aliphatic rings. The minimum Gasteiger partial charge on any atom is -0.475 e. The van der Waals surface area contributed by atoms with E-state index in [-0.39, 0.29) is 5.78 Å². The van der Waals surface area contributed by atoms with E-state index in [1.165, 1.54) is 54.9 Å². The highest BCUT2D eigenvalue weighted by molar-refractivity contribution is 6.15. The lowest BCUT2D eigenvalue weighted by atomic mass is 9.89. The van der Waals surface area contributed by atoms with Gasteiger partial charge in [-0.15, -0.1) is 0 Å². The van der Waals surface area contributed by atoms with Crippen LogP contribution in [0.2, 0.25) is 0 Å². The van der Waals surface area contributed by atoms with Gasteiger partial charge in [0.25, 0.3) is 0 Å². The summed E-state index contributed by atoms with van der Waals surface area (Å²) in [6, 6.07) is 16.2. The van der Waals surface area contributed by atoms with Gasteiger partial charge < -0.3 is 21.9 Å². The molecule has 0 saturated heterocycles. The van der Waals surface area contributed by atoms with Gasteiger partial charge in [0, 0.05) is 12.1 Å². The summed E-state index contributed by atoms with van der Waals surface area (Å²) in [6.45, 7) is 4.63. The molecule has 0 unspecified atom stereocenters. The fourth-order valence-corrected chi connectivity index (χ4v) is 4.70. The van der Waals surface area contributed by atoms with Gasteiger partial charge in [0.1, 0.15) is 0 Å². The van der Waals surface area contributed by atoms with E-state index >= 15 is 0 Å². The second-order valence-electron chi connectivity index (χ2n) is 9.98. The van der Waals surface area contributed by atoms with Crippen molar-refractivity contribution >= 4 is 33.3 Å². The molecule has 3 aromatic rings. The maximum atomic E-state index is 13.4. The van der Waals surface area contributed by atoms with Crippen molar-refractivity contribution in [2.75, 3.05) is 13.1 Å². The molecule has 6 nitrogen and oxygen atoms in total. The number of carbonyl (C=O) groups is 2. The Kier molecular flexibility index (Phi) is 14.1. The van der Waals surface area contributed by atoms with E-state index in [0.717, 1.165) is 42.3 Å². The largest absolute Gasteiger partial charge is 0.490 e. The Morgan fingerprint density at radius 1 is 0.925 bits per heavy atom. The number of nitrogens with two attached hydrogens (primary N) is 2. The molecule has 0 bridgehead atoms. The minimum absolute atomic E-state index is 0.0325. The first-order chi connectivity index (χ1) is 19.1. The van der Waals surface area contributed by atoms with Crippen LogP contribution in [0, 0.1) is 0 Å². The van der Waals surface area contributed by atoms with Crippen LogP contribution in [0.3, 0.4) is 0 Å². The third kappa shape index (κ3) is 10.2. The summed E-state index contributed by atoms with van der Waals surface area (Å²) in [4.78, 5) is 22.3. The third-order valence-electron chi connectivity index (χ3n) is 6.82. The summed E-state index contributed by atoms with van der Waals surface area (Å²) in [5, 5.41) is 15.3. The Hall–Kier alpha value is -3.01. The average Bonchev–Trinajstić information content (AvgIpc) is 2.93. The molecule has 3 rings (SSSR count). The van der Waals surface area contributed by atoms with Crippen molar-refractivity contribution in [3.63, 3.8) is 0 Å². The van der Waals surface area contributed by atoms with Gasteiger partial charge in [-0.3, -0.25) is 4.79 Å². The first-order valence-corrected chi connectivity index (χ1v) is 14.1. The maximum Gasteiger partial charge on any atom is 0.490 e. The molecular weight excluding hydrogens is 519 g/mol. The van der Waals surface area contributed by atoms with Crippen LogP contribution in [-0.4, -0.2) is 42.2 Å². The van der Waals surface area contributed by atoms with Gasteiger partial charge >= 0.3 is 12.1 Å². The van der Waals surface area contributed by atoms with E-state index < -0.39 is 18.2 Å². The van der Waals surface area contributed by atoms with Gasteiger partial charge in [0.15, 0.2) is 5.78 Å². The van der Waals surface area contributed by atoms with Crippen LogP contribution in [0.5, 0.6) is 0 Å². The number of alkyl halides is 3. The van der Waals surface area contributed by atoms with E-state index in [1.807, 2.05) is 12.1 Å². The Morgan fingerprint density at radius 3 is 2.25 bits per heavy atom. The summed E-state index contributed by atoms with van der Waals surface area (Å²) in [5.74, 6) is -2.72. The molecular formula is C31H42F3N3O3. The van der Waals surface area contributed by atoms with E-state index in [1.54, 1.807) is 0 Å². The number of carboxylic acids is 1. The van der Waals surface area contributed by atoms with Crippen molar-refractivity contribution in [1.82, 2.24) is 5.32 Å². The van der Waals surface area contributed by atoms with Crippen LogP contribution in [0.25, 0.3) is 21.5 Å². The predicted molar refractivity (Wildman–Crippen MR) is 155 cm³/mol. The van der Waals surface area contributed by atoms with Gasteiger partial charge in [-0.1, -0.05) is 87.9 Å². The van der Waals surface area contributed by atoms with Crippen molar-refractivity contribution in [2.45, 2.75) is 83.5 Å². The topological polar surface area (TPSA) is 118 Å². The molecule has 0 heterocycles. The lowest BCUT2D eigenvalue weighted by molar-refractivity contribution is -0.192.